The first-order valence-corrected chi connectivity index (χ1v) is 12.4. The van der Waals surface area contributed by atoms with Gasteiger partial charge in [0.2, 0.25) is 0 Å². The van der Waals surface area contributed by atoms with Gasteiger partial charge in [-0.15, -0.1) is 0 Å². The third-order valence-electron chi connectivity index (χ3n) is 5.88. The number of aromatic nitrogens is 1. The Morgan fingerprint density at radius 1 is 0.943 bits per heavy atom. The van der Waals surface area contributed by atoms with E-state index >= 15 is 0 Å². The number of nitrogens with zero attached hydrogens (tertiary/aromatic N) is 2. The normalized spacial score (nSPS) is 14.9. The van der Waals surface area contributed by atoms with Crippen LogP contribution >= 0.6 is 0 Å². The van der Waals surface area contributed by atoms with Gasteiger partial charge in [0.1, 0.15) is 17.2 Å². The van der Waals surface area contributed by atoms with Crippen molar-refractivity contribution in [2.24, 2.45) is 0 Å². The zero-order valence-electron chi connectivity index (χ0n) is 21.4. The fraction of sp³-hybridized carbons (Fsp3) is 0.464. The number of rotatable bonds is 10. The second-order valence-corrected chi connectivity index (χ2v) is 9.60. The molecule has 7 heteroatoms. The van der Waals surface area contributed by atoms with E-state index in [1.807, 2.05) is 58.0 Å². The molecule has 35 heavy (non-hydrogen) atoms. The lowest BCUT2D eigenvalue weighted by Gasteiger charge is -2.32. The summed E-state index contributed by atoms with van der Waals surface area (Å²) in [4.78, 5) is 6.91. The standard InChI is InChI=1S/C28H37N3O4/c1-19(2)33-25-14-21(15-26(16-25)34-20(3)4)18-31-12-10-23(11-13-31)30-28-29-17-27(35-28)22-6-8-24(32-5)9-7-22/h6-9,14-17,19-20,23H,10-13,18H2,1-5H3,(H,29,30). The van der Waals surface area contributed by atoms with Crippen molar-refractivity contribution in [3.05, 3.63) is 54.2 Å². The number of oxazole rings is 1. The summed E-state index contributed by atoms with van der Waals surface area (Å²) in [5, 5.41) is 3.47. The fourth-order valence-corrected chi connectivity index (χ4v) is 4.30. The van der Waals surface area contributed by atoms with Gasteiger partial charge in [0, 0.05) is 37.3 Å². The molecule has 0 radical (unpaired) electrons. The number of methoxy groups -OCH3 is 1. The number of ether oxygens (including phenoxy) is 3. The van der Waals surface area contributed by atoms with Gasteiger partial charge in [-0.3, -0.25) is 4.90 Å². The van der Waals surface area contributed by atoms with E-state index in [9.17, 15) is 0 Å². The SMILES string of the molecule is COc1ccc(-c2cnc(NC3CCN(Cc4cc(OC(C)C)cc(OC(C)C)c4)CC3)o2)cc1. The summed E-state index contributed by atoms with van der Waals surface area (Å²) in [6.45, 7) is 11.0. The molecule has 0 saturated carbocycles. The van der Waals surface area contributed by atoms with Crippen LogP contribution in [0.15, 0.2) is 53.1 Å². The van der Waals surface area contributed by atoms with Gasteiger partial charge in [0.05, 0.1) is 25.5 Å². The van der Waals surface area contributed by atoms with Crippen LogP contribution in [0, 0.1) is 0 Å². The third-order valence-corrected chi connectivity index (χ3v) is 5.88. The van der Waals surface area contributed by atoms with Crippen LogP contribution in [0.25, 0.3) is 11.3 Å². The molecule has 0 amide bonds. The summed E-state index contributed by atoms with van der Waals surface area (Å²) < 4.78 is 23.1. The zero-order chi connectivity index (χ0) is 24.8. The van der Waals surface area contributed by atoms with Gasteiger partial charge in [-0.25, -0.2) is 4.98 Å². The van der Waals surface area contributed by atoms with Crippen LogP contribution in [0.4, 0.5) is 6.01 Å². The van der Waals surface area contributed by atoms with Crippen LogP contribution in [-0.4, -0.2) is 48.3 Å². The van der Waals surface area contributed by atoms with Gasteiger partial charge in [0.25, 0.3) is 6.01 Å². The molecule has 1 aliphatic heterocycles. The minimum absolute atomic E-state index is 0.124. The lowest BCUT2D eigenvalue weighted by atomic mass is 10.0. The number of anilines is 1. The molecule has 1 aliphatic rings. The van der Waals surface area contributed by atoms with Gasteiger partial charge in [-0.1, -0.05) is 0 Å². The van der Waals surface area contributed by atoms with E-state index in [2.05, 4.69) is 27.3 Å². The predicted octanol–water partition coefficient (Wildman–Crippen LogP) is 6.00. The van der Waals surface area contributed by atoms with Crippen molar-refractivity contribution < 1.29 is 18.6 Å². The maximum atomic E-state index is 5.96. The first-order chi connectivity index (χ1) is 16.9. The van der Waals surface area contributed by atoms with Gasteiger partial charge in [-0.2, -0.15) is 0 Å². The van der Waals surface area contributed by atoms with Gasteiger partial charge < -0.3 is 23.9 Å². The molecule has 1 fully saturated rings. The topological polar surface area (TPSA) is 69.0 Å². The van der Waals surface area contributed by atoms with Gasteiger partial charge >= 0.3 is 0 Å². The Labute approximate surface area is 208 Å². The van der Waals surface area contributed by atoms with Gasteiger partial charge in [-0.05, 0) is 82.5 Å². The van der Waals surface area contributed by atoms with Crippen LogP contribution in [0.1, 0.15) is 46.1 Å². The lowest BCUT2D eigenvalue weighted by Crippen LogP contribution is -2.38. The third kappa shape index (κ3) is 7.15. The van der Waals surface area contributed by atoms with Crippen LogP contribution in [0.3, 0.4) is 0 Å². The first-order valence-electron chi connectivity index (χ1n) is 12.4. The summed E-state index contributed by atoms with van der Waals surface area (Å²) >= 11 is 0. The number of likely N-dealkylation sites (tertiary alicyclic amines) is 1. The average Bonchev–Trinajstić information content (AvgIpc) is 3.28. The summed E-state index contributed by atoms with van der Waals surface area (Å²) in [7, 11) is 1.66. The molecule has 3 aromatic rings. The summed E-state index contributed by atoms with van der Waals surface area (Å²) in [5.74, 6) is 3.29. The van der Waals surface area contributed by atoms with Crippen molar-refractivity contribution in [3.63, 3.8) is 0 Å². The monoisotopic (exact) mass is 479 g/mol. The van der Waals surface area contributed by atoms with Crippen molar-refractivity contribution in [1.29, 1.82) is 0 Å². The highest BCUT2D eigenvalue weighted by Crippen LogP contribution is 2.28. The minimum Gasteiger partial charge on any atom is -0.497 e. The van der Waals surface area contributed by atoms with Crippen LogP contribution < -0.4 is 19.5 Å². The quantitative estimate of drug-likeness (QED) is 0.382. The molecule has 0 atom stereocenters. The number of hydrogen-bond donors (Lipinski definition) is 1. The molecule has 1 saturated heterocycles. The molecule has 4 rings (SSSR count). The molecular formula is C28H37N3O4. The summed E-state index contributed by atoms with van der Waals surface area (Å²) in [6.07, 6.45) is 4.07. The molecule has 2 heterocycles. The van der Waals surface area contributed by atoms with Crippen LogP contribution in [-0.2, 0) is 6.54 Å². The number of benzene rings is 2. The smallest absolute Gasteiger partial charge is 0.295 e. The average molecular weight is 480 g/mol. The van der Waals surface area contributed by atoms with E-state index in [4.69, 9.17) is 18.6 Å². The molecular weight excluding hydrogens is 442 g/mol. The van der Waals surface area contributed by atoms with E-state index in [0.29, 0.717) is 12.1 Å². The maximum absolute atomic E-state index is 5.96. The van der Waals surface area contributed by atoms with Crippen molar-refractivity contribution in [2.45, 2.75) is 65.3 Å². The zero-order valence-corrected chi connectivity index (χ0v) is 21.4. The number of hydrogen-bond acceptors (Lipinski definition) is 7. The summed E-state index contributed by atoms with van der Waals surface area (Å²) in [5.41, 5.74) is 2.19. The number of piperidine rings is 1. The molecule has 1 N–H and O–H groups in total. The Kier molecular flexibility index (Phi) is 8.18. The Hall–Kier alpha value is -3.19. The van der Waals surface area contributed by atoms with Crippen molar-refractivity contribution in [2.75, 3.05) is 25.5 Å². The molecule has 7 nitrogen and oxygen atoms in total. The molecule has 1 aromatic heterocycles. The molecule has 188 valence electrons. The van der Waals surface area contributed by atoms with E-state index < -0.39 is 0 Å². The maximum Gasteiger partial charge on any atom is 0.295 e. The first kappa shape index (κ1) is 24.9. The molecule has 0 spiro atoms. The molecule has 0 aliphatic carbocycles. The second kappa shape index (κ2) is 11.5. The van der Waals surface area contributed by atoms with E-state index in [0.717, 1.165) is 61.0 Å². The lowest BCUT2D eigenvalue weighted by molar-refractivity contribution is 0.206. The largest absolute Gasteiger partial charge is 0.497 e. The molecule has 2 aromatic carbocycles. The Morgan fingerprint density at radius 3 is 2.14 bits per heavy atom. The highest BCUT2D eigenvalue weighted by molar-refractivity contribution is 5.58. The van der Waals surface area contributed by atoms with E-state index in [-0.39, 0.29) is 12.2 Å². The van der Waals surface area contributed by atoms with Crippen molar-refractivity contribution >= 4 is 6.01 Å². The molecule has 0 unspecified atom stereocenters. The van der Waals surface area contributed by atoms with Crippen molar-refractivity contribution in [1.82, 2.24) is 9.88 Å². The fourth-order valence-electron chi connectivity index (χ4n) is 4.30. The predicted molar refractivity (Wildman–Crippen MR) is 138 cm³/mol. The highest BCUT2D eigenvalue weighted by atomic mass is 16.5. The van der Waals surface area contributed by atoms with Crippen LogP contribution in [0.2, 0.25) is 0 Å². The Morgan fingerprint density at radius 2 is 1.57 bits per heavy atom. The highest BCUT2D eigenvalue weighted by Gasteiger charge is 2.21. The summed E-state index contributed by atoms with van der Waals surface area (Å²) in [6, 6.07) is 14.9. The van der Waals surface area contributed by atoms with E-state index in [1.165, 1.54) is 5.56 Å². The van der Waals surface area contributed by atoms with Crippen LogP contribution in [0.5, 0.6) is 17.2 Å². The second-order valence-electron chi connectivity index (χ2n) is 9.60. The van der Waals surface area contributed by atoms with E-state index in [1.54, 1.807) is 13.3 Å². The van der Waals surface area contributed by atoms with Gasteiger partial charge in [0.15, 0.2) is 5.76 Å². The molecule has 0 bridgehead atoms. The number of nitrogens with one attached hydrogen (secondary N) is 1. The van der Waals surface area contributed by atoms with Crippen molar-refractivity contribution in [3.8, 4) is 28.6 Å². The minimum atomic E-state index is 0.124. The Balaban J connectivity index is 1.31. The Bertz CT molecular complexity index is 1040.